The van der Waals surface area contributed by atoms with E-state index in [-0.39, 0.29) is 18.6 Å². The third kappa shape index (κ3) is 4.73. The highest BCUT2D eigenvalue weighted by Gasteiger charge is 2.20. The Morgan fingerprint density at radius 1 is 1.38 bits per heavy atom. The average molecular weight is 294 g/mol. The van der Waals surface area contributed by atoms with E-state index in [0.717, 1.165) is 0 Å². The Bertz CT molecular complexity index is 483. The van der Waals surface area contributed by atoms with Gasteiger partial charge in [-0.1, -0.05) is 0 Å². The zero-order valence-electron chi connectivity index (χ0n) is 11.8. The molecule has 7 nitrogen and oxygen atoms in total. The number of morpholine rings is 1. The van der Waals surface area contributed by atoms with Crippen molar-refractivity contribution in [3.8, 4) is 5.75 Å². The molecule has 1 aromatic carbocycles. The molecule has 1 atom stereocenters. The molecule has 0 spiro atoms. The Hall–Kier alpha value is -2.12. The van der Waals surface area contributed by atoms with Crippen molar-refractivity contribution in [2.45, 2.75) is 6.04 Å². The van der Waals surface area contributed by atoms with Gasteiger partial charge in [0.2, 0.25) is 5.91 Å². The normalized spacial score (nSPS) is 17.9. The van der Waals surface area contributed by atoms with Gasteiger partial charge < -0.3 is 24.8 Å². The molecule has 0 radical (unpaired) electrons. The first-order valence-electron chi connectivity index (χ1n) is 6.60. The Morgan fingerprint density at radius 3 is 2.76 bits per heavy atom. The molecule has 0 aromatic heterocycles. The van der Waals surface area contributed by atoms with Crippen LogP contribution in [-0.4, -0.2) is 51.4 Å². The highest BCUT2D eigenvalue weighted by atomic mass is 16.6. The second-order valence-corrected chi connectivity index (χ2v) is 4.46. The molecule has 1 saturated heterocycles. The van der Waals surface area contributed by atoms with Gasteiger partial charge in [-0.05, 0) is 24.3 Å². The maximum absolute atomic E-state index is 12.0. The summed E-state index contributed by atoms with van der Waals surface area (Å²) in [5, 5.41) is 5.86. The SMILES string of the molecule is COC(=O)COc1ccc(NC(=O)C2COCCN2)cc1. The summed E-state index contributed by atoms with van der Waals surface area (Å²) in [7, 11) is 1.30. The molecule has 1 amide bonds. The fourth-order valence-corrected chi connectivity index (χ4v) is 1.80. The van der Waals surface area contributed by atoms with E-state index in [0.29, 0.717) is 31.2 Å². The van der Waals surface area contributed by atoms with Gasteiger partial charge in [-0.25, -0.2) is 4.79 Å². The van der Waals surface area contributed by atoms with Gasteiger partial charge in [-0.15, -0.1) is 0 Å². The smallest absolute Gasteiger partial charge is 0.343 e. The van der Waals surface area contributed by atoms with E-state index in [9.17, 15) is 9.59 Å². The minimum Gasteiger partial charge on any atom is -0.482 e. The second kappa shape index (κ2) is 7.61. The molecular formula is C14H18N2O5. The Morgan fingerprint density at radius 2 is 2.14 bits per heavy atom. The van der Waals surface area contributed by atoms with Gasteiger partial charge >= 0.3 is 5.97 Å². The lowest BCUT2D eigenvalue weighted by Gasteiger charge is -2.22. The molecule has 0 aliphatic carbocycles. The van der Waals surface area contributed by atoms with Crippen molar-refractivity contribution in [1.29, 1.82) is 0 Å². The molecule has 1 fully saturated rings. The van der Waals surface area contributed by atoms with Crippen LogP contribution in [0.25, 0.3) is 0 Å². The van der Waals surface area contributed by atoms with Gasteiger partial charge in [0, 0.05) is 12.2 Å². The summed E-state index contributed by atoms with van der Waals surface area (Å²) in [6.07, 6.45) is 0. The highest BCUT2D eigenvalue weighted by Crippen LogP contribution is 2.16. The van der Waals surface area contributed by atoms with Crippen molar-refractivity contribution in [1.82, 2.24) is 5.32 Å². The quantitative estimate of drug-likeness (QED) is 0.753. The molecule has 1 aromatic rings. The number of rotatable bonds is 5. The van der Waals surface area contributed by atoms with E-state index in [2.05, 4.69) is 15.4 Å². The topological polar surface area (TPSA) is 85.9 Å². The summed E-state index contributed by atoms with van der Waals surface area (Å²) in [6, 6.07) is 6.41. The predicted octanol–water partition coefficient (Wildman–Crippen LogP) is 0.165. The van der Waals surface area contributed by atoms with Crippen molar-refractivity contribution < 1.29 is 23.8 Å². The van der Waals surface area contributed by atoms with Gasteiger partial charge in [0.1, 0.15) is 11.8 Å². The van der Waals surface area contributed by atoms with Crippen LogP contribution in [0.3, 0.4) is 0 Å². The second-order valence-electron chi connectivity index (χ2n) is 4.46. The van der Waals surface area contributed by atoms with E-state index in [1.54, 1.807) is 24.3 Å². The number of amides is 1. The minimum atomic E-state index is -0.448. The number of methoxy groups -OCH3 is 1. The van der Waals surface area contributed by atoms with Gasteiger partial charge in [-0.2, -0.15) is 0 Å². The molecule has 0 saturated carbocycles. The summed E-state index contributed by atoms with van der Waals surface area (Å²) in [5.41, 5.74) is 0.651. The van der Waals surface area contributed by atoms with Crippen molar-refractivity contribution in [2.24, 2.45) is 0 Å². The van der Waals surface area contributed by atoms with Crippen LogP contribution in [0.4, 0.5) is 5.69 Å². The maximum atomic E-state index is 12.0. The molecule has 1 aliphatic rings. The summed E-state index contributed by atoms with van der Waals surface area (Å²) in [6.45, 7) is 1.51. The van der Waals surface area contributed by atoms with Gasteiger partial charge in [0.15, 0.2) is 6.61 Å². The van der Waals surface area contributed by atoms with E-state index < -0.39 is 5.97 Å². The Labute approximate surface area is 122 Å². The average Bonchev–Trinajstić information content (AvgIpc) is 2.54. The van der Waals surface area contributed by atoms with E-state index in [4.69, 9.17) is 9.47 Å². The molecule has 2 N–H and O–H groups in total. The molecule has 114 valence electrons. The van der Waals surface area contributed by atoms with Gasteiger partial charge in [0.05, 0.1) is 20.3 Å². The number of hydrogen-bond donors (Lipinski definition) is 2. The van der Waals surface area contributed by atoms with Crippen molar-refractivity contribution in [3.05, 3.63) is 24.3 Å². The Balaban J connectivity index is 1.84. The first kappa shape index (κ1) is 15.3. The largest absolute Gasteiger partial charge is 0.482 e. The first-order valence-corrected chi connectivity index (χ1v) is 6.60. The van der Waals surface area contributed by atoms with Crippen LogP contribution in [0, 0.1) is 0 Å². The summed E-state index contributed by atoms with van der Waals surface area (Å²) >= 11 is 0. The molecule has 21 heavy (non-hydrogen) atoms. The zero-order chi connectivity index (χ0) is 15.1. The fourth-order valence-electron chi connectivity index (χ4n) is 1.80. The number of carbonyl (C=O) groups is 2. The van der Waals surface area contributed by atoms with Crippen molar-refractivity contribution in [3.63, 3.8) is 0 Å². The minimum absolute atomic E-state index is 0.141. The maximum Gasteiger partial charge on any atom is 0.343 e. The molecule has 2 rings (SSSR count). The molecule has 7 heteroatoms. The summed E-state index contributed by atoms with van der Waals surface area (Å²) in [5.74, 6) is -0.0637. The van der Waals surface area contributed by atoms with E-state index in [1.807, 2.05) is 0 Å². The van der Waals surface area contributed by atoms with Crippen LogP contribution in [0.5, 0.6) is 5.75 Å². The molecule has 1 unspecified atom stereocenters. The van der Waals surface area contributed by atoms with Crippen molar-refractivity contribution in [2.75, 3.05) is 38.8 Å². The van der Waals surface area contributed by atoms with E-state index in [1.165, 1.54) is 7.11 Å². The third-order valence-electron chi connectivity index (χ3n) is 2.94. The highest BCUT2D eigenvalue weighted by molar-refractivity contribution is 5.95. The number of hydrogen-bond acceptors (Lipinski definition) is 6. The molecule has 1 aliphatic heterocycles. The van der Waals surface area contributed by atoms with Crippen LogP contribution >= 0.6 is 0 Å². The first-order chi connectivity index (χ1) is 10.2. The fraction of sp³-hybridized carbons (Fsp3) is 0.429. The lowest BCUT2D eigenvalue weighted by atomic mass is 10.2. The van der Waals surface area contributed by atoms with Gasteiger partial charge in [-0.3, -0.25) is 4.79 Å². The van der Waals surface area contributed by atoms with Crippen LogP contribution in [0.2, 0.25) is 0 Å². The molecule has 0 bridgehead atoms. The lowest BCUT2D eigenvalue weighted by molar-refractivity contribution is -0.142. The summed E-state index contributed by atoms with van der Waals surface area (Å²) in [4.78, 5) is 22.9. The number of ether oxygens (including phenoxy) is 3. The number of carbonyl (C=O) groups excluding carboxylic acids is 2. The number of esters is 1. The van der Waals surface area contributed by atoms with Crippen LogP contribution in [0.1, 0.15) is 0 Å². The summed E-state index contributed by atoms with van der Waals surface area (Å²) < 4.78 is 14.9. The standard InChI is InChI=1S/C14H18N2O5/c1-19-13(17)9-21-11-4-2-10(3-5-11)16-14(18)12-8-20-7-6-15-12/h2-5,12,15H,6-9H2,1H3,(H,16,18). The lowest BCUT2D eigenvalue weighted by Crippen LogP contribution is -2.48. The zero-order valence-corrected chi connectivity index (χ0v) is 11.8. The van der Waals surface area contributed by atoms with Crippen molar-refractivity contribution >= 4 is 17.6 Å². The Kier molecular flexibility index (Phi) is 5.53. The number of benzene rings is 1. The molecular weight excluding hydrogens is 276 g/mol. The monoisotopic (exact) mass is 294 g/mol. The third-order valence-corrected chi connectivity index (χ3v) is 2.94. The van der Waals surface area contributed by atoms with Crippen LogP contribution < -0.4 is 15.4 Å². The predicted molar refractivity (Wildman–Crippen MR) is 75.2 cm³/mol. The van der Waals surface area contributed by atoms with Crippen LogP contribution in [-0.2, 0) is 19.1 Å². The van der Waals surface area contributed by atoms with Crippen LogP contribution in [0.15, 0.2) is 24.3 Å². The van der Waals surface area contributed by atoms with E-state index >= 15 is 0 Å². The number of nitrogens with one attached hydrogen (secondary N) is 2. The van der Waals surface area contributed by atoms with Gasteiger partial charge in [0.25, 0.3) is 0 Å². The number of anilines is 1. The molecule has 1 heterocycles.